The Morgan fingerprint density at radius 1 is 1.56 bits per heavy atom. The molecule has 0 saturated carbocycles. The number of tetrazole rings is 1. The van der Waals surface area contributed by atoms with Crippen LogP contribution in [0.5, 0.6) is 0 Å². The molecule has 5 nitrogen and oxygen atoms in total. The van der Waals surface area contributed by atoms with Gasteiger partial charge in [0.25, 0.3) is 0 Å². The third-order valence-electron chi connectivity index (χ3n) is 2.55. The van der Waals surface area contributed by atoms with Gasteiger partial charge in [0.15, 0.2) is 0 Å². The van der Waals surface area contributed by atoms with E-state index in [1.165, 1.54) is 0 Å². The summed E-state index contributed by atoms with van der Waals surface area (Å²) in [5.41, 5.74) is 6.19. The Kier molecular flexibility index (Phi) is 4.60. The van der Waals surface area contributed by atoms with Crippen LogP contribution in [0.4, 0.5) is 0 Å². The fourth-order valence-electron chi connectivity index (χ4n) is 1.49. The van der Waals surface area contributed by atoms with Gasteiger partial charge in [-0.3, -0.25) is 0 Å². The van der Waals surface area contributed by atoms with Gasteiger partial charge in [-0.2, -0.15) is 0 Å². The van der Waals surface area contributed by atoms with E-state index >= 15 is 0 Å². The van der Waals surface area contributed by atoms with Crippen molar-refractivity contribution in [2.45, 2.75) is 29.8 Å². The largest absolute Gasteiger partial charge is 0.326 e. The number of hydrogen-bond donors (Lipinski definition) is 1. The first-order valence-corrected chi connectivity index (χ1v) is 7.59. The van der Waals surface area contributed by atoms with Crippen LogP contribution in [0.15, 0.2) is 17.3 Å². The fraction of sp³-hybridized carbons (Fsp3) is 0.500. The van der Waals surface area contributed by atoms with Crippen molar-refractivity contribution in [3.63, 3.8) is 0 Å². The number of nitrogens with two attached hydrogens (primary N) is 1. The van der Waals surface area contributed by atoms with E-state index in [-0.39, 0.29) is 11.3 Å². The fourth-order valence-corrected chi connectivity index (χ4v) is 3.96. The molecular weight excluding hydrogens is 290 g/mol. The monoisotopic (exact) mass is 303 g/mol. The van der Waals surface area contributed by atoms with Crippen molar-refractivity contribution in [3.8, 4) is 0 Å². The molecule has 2 atom stereocenters. The Morgan fingerprint density at radius 2 is 2.33 bits per heavy atom. The maximum atomic E-state index is 6.19. The summed E-state index contributed by atoms with van der Waals surface area (Å²) in [6.07, 6.45) is 0.887. The number of thioether (sulfide) groups is 1. The standard InChI is InChI=1S/C10H14ClN5S2/c1-3-6(12)9(7-4-5-8(11)17-7)18-10-13-14-15-16(10)2/h4-6,9H,3,12H2,1-2H3. The lowest BCUT2D eigenvalue weighted by Crippen LogP contribution is -2.25. The van der Waals surface area contributed by atoms with Crippen molar-refractivity contribution < 1.29 is 0 Å². The van der Waals surface area contributed by atoms with Crippen LogP contribution in [0, 0.1) is 0 Å². The molecule has 0 fully saturated rings. The lowest BCUT2D eigenvalue weighted by atomic mass is 10.1. The average molecular weight is 304 g/mol. The predicted octanol–water partition coefficient (Wildman–Crippen LogP) is 2.50. The van der Waals surface area contributed by atoms with Crippen LogP contribution >= 0.6 is 34.7 Å². The van der Waals surface area contributed by atoms with Crippen LogP contribution in [0.2, 0.25) is 4.34 Å². The summed E-state index contributed by atoms with van der Waals surface area (Å²) < 4.78 is 2.42. The summed E-state index contributed by atoms with van der Waals surface area (Å²) in [5.74, 6) is 0. The molecule has 98 valence electrons. The third kappa shape index (κ3) is 3.03. The molecule has 0 saturated heterocycles. The molecule has 18 heavy (non-hydrogen) atoms. The zero-order chi connectivity index (χ0) is 13.1. The van der Waals surface area contributed by atoms with Crippen molar-refractivity contribution in [2.24, 2.45) is 12.8 Å². The van der Waals surface area contributed by atoms with Crippen molar-refractivity contribution in [3.05, 3.63) is 21.3 Å². The Morgan fingerprint density at radius 3 is 2.83 bits per heavy atom. The Labute approximate surface area is 119 Å². The van der Waals surface area contributed by atoms with Gasteiger partial charge in [-0.05, 0) is 29.0 Å². The molecule has 0 aliphatic rings. The van der Waals surface area contributed by atoms with E-state index in [2.05, 4.69) is 22.4 Å². The lowest BCUT2D eigenvalue weighted by Gasteiger charge is -2.20. The van der Waals surface area contributed by atoms with Gasteiger partial charge < -0.3 is 5.73 Å². The van der Waals surface area contributed by atoms with Crippen molar-refractivity contribution >= 4 is 34.7 Å². The maximum absolute atomic E-state index is 6.19. The SMILES string of the molecule is CCC(N)C(Sc1nnnn1C)c1ccc(Cl)s1. The lowest BCUT2D eigenvalue weighted by molar-refractivity contribution is 0.629. The molecular formula is C10H14ClN5S2. The second kappa shape index (κ2) is 6.01. The zero-order valence-electron chi connectivity index (χ0n) is 10.1. The second-order valence-corrected chi connectivity index (χ2v) is 6.69. The molecule has 0 spiro atoms. The first kappa shape index (κ1) is 13.8. The van der Waals surface area contributed by atoms with Gasteiger partial charge in [-0.1, -0.05) is 30.3 Å². The van der Waals surface area contributed by atoms with Gasteiger partial charge in [0.05, 0.1) is 9.59 Å². The molecule has 2 rings (SSSR count). The highest BCUT2D eigenvalue weighted by atomic mass is 35.5. The Balaban J connectivity index is 2.23. The molecule has 0 aliphatic heterocycles. The van der Waals surface area contributed by atoms with Gasteiger partial charge in [0.2, 0.25) is 5.16 Å². The quantitative estimate of drug-likeness (QED) is 0.859. The summed E-state index contributed by atoms with van der Waals surface area (Å²) in [5, 5.41) is 12.3. The van der Waals surface area contributed by atoms with E-state index in [1.807, 2.05) is 19.2 Å². The van der Waals surface area contributed by atoms with Crippen LogP contribution in [0.1, 0.15) is 23.5 Å². The van der Waals surface area contributed by atoms with Crippen molar-refractivity contribution in [1.29, 1.82) is 0 Å². The van der Waals surface area contributed by atoms with E-state index in [0.717, 1.165) is 20.8 Å². The van der Waals surface area contributed by atoms with Crippen LogP contribution in [-0.4, -0.2) is 26.2 Å². The molecule has 2 aromatic heterocycles. The van der Waals surface area contributed by atoms with Crippen LogP contribution in [-0.2, 0) is 7.05 Å². The predicted molar refractivity (Wildman–Crippen MR) is 75.0 cm³/mol. The maximum Gasteiger partial charge on any atom is 0.209 e. The molecule has 2 heterocycles. The van der Waals surface area contributed by atoms with Crippen LogP contribution in [0.3, 0.4) is 0 Å². The Bertz CT molecular complexity index is 512. The number of rotatable bonds is 5. The van der Waals surface area contributed by atoms with Crippen molar-refractivity contribution in [1.82, 2.24) is 20.2 Å². The third-order valence-corrected chi connectivity index (χ3v) is 5.43. The van der Waals surface area contributed by atoms with Gasteiger partial charge in [-0.25, -0.2) is 4.68 Å². The minimum absolute atomic E-state index is 0.0430. The molecule has 0 aliphatic carbocycles. The molecule has 0 amide bonds. The van der Waals surface area contributed by atoms with Crippen LogP contribution < -0.4 is 5.73 Å². The van der Waals surface area contributed by atoms with E-state index in [1.54, 1.807) is 27.8 Å². The summed E-state index contributed by atoms with van der Waals surface area (Å²) in [4.78, 5) is 1.15. The number of aromatic nitrogens is 4. The highest BCUT2D eigenvalue weighted by Gasteiger charge is 2.23. The molecule has 2 N–H and O–H groups in total. The van der Waals surface area contributed by atoms with E-state index in [0.29, 0.717) is 0 Å². The number of hydrogen-bond acceptors (Lipinski definition) is 6. The van der Waals surface area contributed by atoms with Gasteiger partial charge in [-0.15, -0.1) is 16.4 Å². The molecule has 0 aromatic carbocycles. The normalized spacial score (nSPS) is 14.7. The Hall–Kier alpha value is -0.630. The molecule has 8 heteroatoms. The molecule has 2 aromatic rings. The summed E-state index contributed by atoms with van der Waals surface area (Å²) in [6, 6.07) is 3.96. The summed E-state index contributed by atoms with van der Waals surface area (Å²) in [7, 11) is 1.82. The number of nitrogens with zero attached hydrogens (tertiary/aromatic N) is 4. The summed E-state index contributed by atoms with van der Waals surface area (Å²) in [6.45, 7) is 2.07. The first-order chi connectivity index (χ1) is 8.61. The number of halogens is 1. The molecule has 0 radical (unpaired) electrons. The van der Waals surface area contributed by atoms with Gasteiger partial charge >= 0.3 is 0 Å². The highest BCUT2D eigenvalue weighted by molar-refractivity contribution is 7.99. The van der Waals surface area contributed by atoms with E-state index in [9.17, 15) is 0 Å². The van der Waals surface area contributed by atoms with Gasteiger partial charge in [0, 0.05) is 18.0 Å². The summed E-state index contributed by atoms with van der Waals surface area (Å²) >= 11 is 9.12. The molecule has 0 bridgehead atoms. The second-order valence-electron chi connectivity index (χ2n) is 3.84. The van der Waals surface area contributed by atoms with Crippen molar-refractivity contribution in [2.75, 3.05) is 0 Å². The van der Waals surface area contributed by atoms with Crippen LogP contribution in [0.25, 0.3) is 0 Å². The minimum atomic E-state index is 0.0430. The smallest absolute Gasteiger partial charge is 0.209 e. The topological polar surface area (TPSA) is 69.6 Å². The number of aryl methyl sites for hydroxylation is 1. The van der Waals surface area contributed by atoms with E-state index in [4.69, 9.17) is 17.3 Å². The molecule has 2 unspecified atom stereocenters. The average Bonchev–Trinajstić information content (AvgIpc) is 2.94. The first-order valence-electron chi connectivity index (χ1n) is 5.51. The minimum Gasteiger partial charge on any atom is -0.326 e. The zero-order valence-corrected chi connectivity index (χ0v) is 12.5. The van der Waals surface area contributed by atoms with Gasteiger partial charge in [0.1, 0.15) is 0 Å². The number of thiophene rings is 1. The highest BCUT2D eigenvalue weighted by Crippen LogP contribution is 2.40. The van der Waals surface area contributed by atoms with E-state index < -0.39 is 0 Å².